The van der Waals surface area contributed by atoms with Gasteiger partial charge in [-0.15, -0.1) is 0 Å². The average molecular weight is 301 g/mol. The Balaban J connectivity index is 2.46. The van der Waals surface area contributed by atoms with Crippen molar-refractivity contribution < 1.29 is 13.2 Å². The van der Waals surface area contributed by atoms with E-state index in [4.69, 9.17) is 10.5 Å². The maximum absolute atomic E-state index is 11.9. The smallest absolute Gasteiger partial charge is 0.279 e. The molecule has 0 fully saturated rings. The first-order valence-corrected chi connectivity index (χ1v) is 7.97. The monoisotopic (exact) mass is 301 g/mol. The van der Waals surface area contributed by atoms with E-state index in [2.05, 4.69) is 4.72 Å². The summed E-state index contributed by atoms with van der Waals surface area (Å²) >= 11 is 0. The minimum atomic E-state index is -3.42. The Labute approximate surface area is 121 Å². The molecule has 0 saturated heterocycles. The summed E-state index contributed by atoms with van der Waals surface area (Å²) in [6.45, 7) is 1.25. The molecule has 7 heteroatoms. The number of benzene rings is 1. The molecule has 0 atom stereocenters. The van der Waals surface area contributed by atoms with Crippen LogP contribution in [-0.2, 0) is 16.6 Å². The van der Waals surface area contributed by atoms with Gasteiger partial charge < -0.3 is 10.5 Å². The molecule has 0 aliphatic rings. The maximum atomic E-state index is 11.9. The molecule has 1 aromatic carbocycles. The fraction of sp³-hybridized carbons (Fsp3) is 0.538. The number of methoxy groups -OCH3 is 1. The SMILES string of the molecule is COc1cccc(CCNS(=O)(=O)N(C)CCCN)c1. The Hall–Kier alpha value is -1.15. The van der Waals surface area contributed by atoms with E-state index < -0.39 is 10.2 Å². The number of nitrogens with two attached hydrogens (primary N) is 1. The molecule has 6 nitrogen and oxygen atoms in total. The number of nitrogens with one attached hydrogen (secondary N) is 1. The molecule has 20 heavy (non-hydrogen) atoms. The lowest BCUT2D eigenvalue weighted by Crippen LogP contribution is -2.40. The van der Waals surface area contributed by atoms with Crippen molar-refractivity contribution in [1.29, 1.82) is 0 Å². The van der Waals surface area contributed by atoms with E-state index in [-0.39, 0.29) is 0 Å². The molecule has 0 aromatic heterocycles. The fourth-order valence-electron chi connectivity index (χ4n) is 1.70. The summed E-state index contributed by atoms with van der Waals surface area (Å²) in [6.07, 6.45) is 1.26. The Bertz CT molecular complexity index is 505. The van der Waals surface area contributed by atoms with Crippen LogP contribution in [0.25, 0.3) is 0 Å². The molecule has 0 aliphatic heterocycles. The summed E-state index contributed by atoms with van der Waals surface area (Å²) in [5.41, 5.74) is 6.39. The molecule has 0 heterocycles. The molecular weight excluding hydrogens is 278 g/mol. The second-order valence-corrected chi connectivity index (χ2v) is 6.33. The highest BCUT2D eigenvalue weighted by molar-refractivity contribution is 7.87. The molecule has 0 aliphatic carbocycles. The van der Waals surface area contributed by atoms with Crippen LogP contribution in [0, 0.1) is 0 Å². The summed E-state index contributed by atoms with van der Waals surface area (Å²) in [5, 5.41) is 0. The van der Waals surface area contributed by atoms with Crippen molar-refractivity contribution in [2.45, 2.75) is 12.8 Å². The van der Waals surface area contributed by atoms with Crippen molar-refractivity contribution in [1.82, 2.24) is 9.03 Å². The van der Waals surface area contributed by atoms with E-state index in [9.17, 15) is 8.42 Å². The van der Waals surface area contributed by atoms with E-state index in [0.717, 1.165) is 11.3 Å². The molecule has 3 N–H and O–H groups in total. The standard InChI is InChI=1S/C13H23N3O3S/c1-16(10-4-8-14)20(17,18)15-9-7-12-5-3-6-13(11-12)19-2/h3,5-6,11,15H,4,7-10,14H2,1-2H3. The molecule has 0 amide bonds. The van der Waals surface area contributed by atoms with Gasteiger partial charge in [0.15, 0.2) is 0 Å². The maximum Gasteiger partial charge on any atom is 0.279 e. The van der Waals surface area contributed by atoms with Crippen LogP contribution in [-0.4, -0.2) is 46.5 Å². The highest BCUT2D eigenvalue weighted by Crippen LogP contribution is 2.12. The topological polar surface area (TPSA) is 84.7 Å². The first kappa shape index (κ1) is 16.9. The third-order valence-corrected chi connectivity index (χ3v) is 4.49. The third kappa shape index (κ3) is 5.46. The van der Waals surface area contributed by atoms with Gasteiger partial charge in [-0.2, -0.15) is 12.7 Å². The van der Waals surface area contributed by atoms with Crippen LogP contribution < -0.4 is 15.2 Å². The number of hydrogen-bond donors (Lipinski definition) is 2. The zero-order chi connectivity index (χ0) is 15.0. The molecular formula is C13H23N3O3S. The third-order valence-electron chi connectivity index (χ3n) is 2.92. The number of hydrogen-bond acceptors (Lipinski definition) is 4. The van der Waals surface area contributed by atoms with Gasteiger partial charge in [-0.1, -0.05) is 12.1 Å². The average Bonchev–Trinajstić information content (AvgIpc) is 2.44. The summed E-state index contributed by atoms with van der Waals surface area (Å²) in [7, 11) is -0.271. The fourth-order valence-corrected chi connectivity index (χ4v) is 2.65. The number of rotatable bonds is 9. The van der Waals surface area contributed by atoms with Gasteiger partial charge in [-0.25, -0.2) is 4.72 Å². The lowest BCUT2D eigenvalue weighted by molar-refractivity contribution is 0.414. The van der Waals surface area contributed by atoms with Crippen molar-refractivity contribution in [3.8, 4) is 5.75 Å². The van der Waals surface area contributed by atoms with Gasteiger partial charge in [0.05, 0.1) is 7.11 Å². The van der Waals surface area contributed by atoms with Gasteiger partial charge in [0.25, 0.3) is 10.2 Å². The van der Waals surface area contributed by atoms with Crippen molar-refractivity contribution >= 4 is 10.2 Å². The molecule has 0 bridgehead atoms. The summed E-state index contributed by atoms with van der Waals surface area (Å²) < 4.78 is 32.8. The number of ether oxygens (including phenoxy) is 1. The summed E-state index contributed by atoms with van der Waals surface area (Å²) in [5.74, 6) is 0.769. The van der Waals surface area contributed by atoms with Crippen LogP contribution >= 0.6 is 0 Å². The van der Waals surface area contributed by atoms with E-state index in [1.165, 1.54) is 4.31 Å². The van der Waals surface area contributed by atoms with Crippen LogP contribution in [0.4, 0.5) is 0 Å². The van der Waals surface area contributed by atoms with Gasteiger partial charge in [0.1, 0.15) is 5.75 Å². The van der Waals surface area contributed by atoms with Gasteiger partial charge >= 0.3 is 0 Å². The van der Waals surface area contributed by atoms with Gasteiger partial charge in [0.2, 0.25) is 0 Å². The lowest BCUT2D eigenvalue weighted by Gasteiger charge is -2.17. The summed E-state index contributed by atoms with van der Waals surface area (Å²) in [6, 6.07) is 7.58. The van der Waals surface area contributed by atoms with Crippen molar-refractivity contribution in [3.05, 3.63) is 29.8 Å². The van der Waals surface area contributed by atoms with E-state index in [0.29, 0.717) is 32.5 Å². The van der Waals surface area contributed by atoms with Gasteiger partial charge in [-0.05, 0) is 37.1 Å². The molecule has 0 saturated carbocycles. The predicted octanol–water partition coefficient (Wildman–Crippen LogP) is 0.353. The number of nitrogens with zero attached hydrogens (tertiary/aromatic N) is 1. The Morgan fingerprint density at radius 3 is 2.80 bits per heavy atom. The zero-order valence-corrected chi connectivity index (χ0v) is 12.8. The van der Waals surface area contributed by atoms with Crippen LogP contribution in [0.3, 0.4) is 0 Å². The molecule has 114 valence electrons. The van der Waals surface area contributed by atoms with Crippen LogP contribution in [0.1, 0.15) is 12.0 Å². The van der Waals surface area contributed by atoms with Crippen molar-refractivity contribution in [3.63, 3.8) is 0 Å². The Kier molecular flexibility index (Phi) is 6.94. The van der Waals surface area contributed by atoms with E-state index in [1.54, 1.807) is 14.2 Å². The second-order valence-electron chi connectivity index (χ2n) is 4.46. The molecule has 0 unspecified atom stereocenters. The van der Waals surface area contributed by atoms with Crippen molar-refractivity contribution in [2.24, 2.45) is 5.73 Å². The van der Waals surface area contributed by atoms with Crippen LogP contribution in [0.15, 0.2) is 24.3 Å². The van der Waals surface area contributed by atoms with E-state index in [1.807, 2.05) is 24.3 Å². The first-order valence-electron chi connectivity index (χ1n) is 6.53. The quantitative estimate of drug-likeness (QED) is 0.689. The Morgan fingerprint density at radius 2 is 2.15 bits per heavy atom. The predicted molar refractivity (Wildman–Crippen MR) is 79.9 cm³/mol. The van der Waals surface area contributed by atoms with Crippen LogP contribution in [0.2, 0.25) is 0 Å². The lowest BCUT2D eigenvalue weighted by atomic mass is 10.1. The minimum absolute atomic E-state index is 0.350. The molecule has 0 radical (unpaired) electrons. The van der Waals surface area contributed by atoms with Gasteiger partial charge in [0, 0.05) is 20.1 Å². The highest BCUT2D eigenvalue weighted by atomic mass is 32.2. The minimum Gasteiger partial charge on any atom is -0.497 e. The second kappa shape index (κ2) is 8.21. The molecule has 0 spiro atoms. The highest BCUT2D eigenvalue weighted by Gasteiger charge is 2.15. The zero-order valence-electron chi connectivity index (χ0n) is 12.0. The molecule has 1 rings (SSSR count). The Morgan fingerprint density at radius 1 is 1.40 bits per heavy atom. The summed E-state index contributed by atoms with van der Waals surface area (Å²) in [4.78, 5) is 0. The van der Waals surface area contributed by atoms with Crippen LogP contribution in [0.5, 0.6) is 5.75 Å². The first-order chi connectivity index (χ1) is 9.49. The van der Waals surface area contributed by atoms with Crippen molar-refractivity contribution in [2.75, 3.05) is 33.8 Å². The molecule has 1 aromatic rings. The van der Waals surface area contributed by atoms with Gasteiger partial charge in [-0.3, -0.25) is 0 Å². The normalized spacial score (nSPS) is 11.8. The largest absolute Gasteiger partial charge is 0.497 e. The van der Waals surface area contributed by atoms with E-state index >= 15 is 0 Å².